The summed E-state index contributed by atoms with van der Waals surface area (Å²) in [4.78, 5) is 29.9. The molecule has 8 nitrogen and oxygen atoms in total. The van der Waals surface area contributed by atoms with Crippen molar-refractivity contribution in [2.45, 2.75) is 13.1 Å². The third-order valence-corrected chi connectivity index (χ3v) is 5.71. The van der Waals surface area contributed by atoms with E-state index in [1.807, 2.05) is 48.5 Å². The van der Waals surface area contributed by atoms with Gasteiger partial charge < -0.3 is 24.8 Å². The molecular weight excluding hydrogens is 458 g/mol. The van der Waals surface area contributed by atoms with Crippen LogP contribution in [0.15, 0.2) is 72.8 Å². The SMILES string of the molecule is COC(=O)c1ccc2nc(NCc3ccc(OC)cc3)c(C(=O)NCc3ccc(OC)cc3)cc2c1. The predicted molar refractivity (Wildman–Crippen MR) is 138 cm³/mol. The van der Waals surface area contributed by atoms with E-state index in [-0.39, 0.29) is 5.91 Å². The zero-order valence-electron chi connectivity index (χ0n) is 20.3. The summed E-state index contributed by atoms with van der Waals surface area (Å²) < 4.78 is 15.2. The molecule has 3 aromatic carbocycles. The van der Waals surface area contributed by atoms with E-state index in [0.717, 1.165) is 22.6 Å². The van der Waals surface area contributed by atoms with Crippen molar-refractivity contribution in [2.75, 3.05) is 26.6 Å². The quantitative estimate of drug-likeness (QED) is 0.335. The first kappa shape index (κ1) is 24.5. The van der Waals surface area contributed by atoms with Gasteiger partial charge in [0.05, 0.1) is 38.0 Å². The van der Waals surface area contributed by atoms with E-state index in [1.165, 1.54) is 7.11 Å². The van der Waals surface area contributed by atoms with Crippen LogP contribution >= 0.6 is 0 Å². The molecule has 0 unspecified atom stereocenters. The topological polar surface area (TPSA) is 98.8 Å². The monoisotopic (exact) mass is 485 g/mol. The third-order valence-electron chi connectivity index (χ3n) is 5.71. The summed E-state index contributed by atoms with van der Waals surface area (Å²) in [6, 6.07) is 21.9. The smallest absolute Gasteiger partial charge is 0.337 e. The van der Waals surface area contributed by atoms with Gasteiger partial charge in [-0.2, -0.15) is 0 Å². The molecule has 1 aromatic heterocycles. The molecule has 0 aliphatic heterocycles. The average molecular weight is 486 g/mol. The standard InChI is InChI=1S/C28H27N3O5/c1-34-22-9-4-18(5-10-22)16-29-26-24(27(32)30-17-19-6-11-23(35-2)12-7-19)15-21-14-20(28(33)36-3)8-13-25(21)31-26/h4-15H,16-17H2,1-3H3,(H,29,31)(H,30,32). The highest BCUT2D eigenvalue weighted by Gasteiger charge is 2.16. The molecule has 4 aromatic rings. The van der Waals surface area contributed by atoms with Crippen LogP contribution in [0, 0.1) is 0 Å². The zero-order valence-corrected chi connectivity index (χ0v) is 20.3. The molecule has 2 N–H and O–H groups in total. The van der Waals surface area contributed by atoms with Crippen LogP contribution in [0.5, 0.6) is 11.5 Å². The molecule has 4 rings (SSSR count). The van der Waals surface area contributed by atoms with E-state index in [9.17, 15) is 9.59 Å². The highest BCUT2D eigenvalue weighted by atomic mass is 16.5. The lowest BCUT2D eigenvalue weighted by Gasteiger charge is -2.14. The molecular formula is C28H27N3O5. The van der Waals surface area contributed by atoms with Crippen LogP contribution in [-0.2, 0) is 17.8 Å². The number of aromatic nitrogens is 1. The largest absolute Gasteiger partial charge is 0.497 e. The minimum absolute atomic E-state index is 0.291. The maximum Gasteiger partial charge on any atom is 0.337 e. The number of ether oxygens (including phenoxy) is 3. The molecule has 184 valence electrons. The van der Waals surface area contributed by atoms with Crippen LogP contribution in [0.4, 0.5) is 5.82 Å². The lowest BCUT2D eigenvalue weighted by atomic mass is 10.1. The molecule has 36 heavy (non-hydrogen) atoms. The van der Waals surface area contributed by atoms with Crippen molar-refractivity contribution in [3.05, 3.63) is 95.1 Å². The van der Waals surface area contributed by atoms with E-state index in [1.54, 1.807) is 38.5 Å². The van der Waals surface area contributed by atoms with E-state index in [2.05, 4.69) is 15.6 Å². The van der Waals surface area contributed by atoms with E-state index in [4.69, 9.17) is 14.2 Å². The fourth-order valence-corrected chi connectivity index (χ4v) is 3.68. The Kier molecular flexibility index (Phi) is 7.65. The molecule has 0 saturated carbocycles. The normalized spacial score (nSPS) is 10.5. The Bertz CT molecular complexity index is 1370. The summed E-state index contributed by atoms with van der Waals surface area (Å²) in [6.07, 6.45) is 0. The molecule has 8 heteroatoms. The minimum Gasteiger partial charge on any atom is -0.497 e. The van der Waals surface area contributed by atoms with Crippen LogP contribution in [-0.4, -0.2) is 38.2 Å². The summed E-state index contributed by atoms with van der Waals surface area (Å²) in [5, 5.41) is 6.89. The van der Waals surface area contributed by atoms with Gasteiger partial charge in [-0.05, 0) is 59.7 Å². The Balaban J connectivity index is 1.61. The lowest BCUT2D eigenvalue weighted by Crippen LogP contribution is -2.24. The van der Waals surface area contributed by atoms with Crippen molar-refractivity contribution >= 4 is 28.6 Å². The van der Waals surface area contributed by atoms with Crippen molar-refractivity contribution in [1.82, 2.24) is 10.3 Å². The lowest BCUT2D eigenvalue weighted by molar-refractivity contribution is 0.0600. The van der Waals surface area contributed by atoms with Crippen LogP contribution in [0.2, 0.25) is 0 Å². The first-order valence-electron chi connectivity index (χ1n) is 11.3. The fourth-order valence-electron chi connectivity index (χ4n) is 3.68. The molecule has 0 aliphatic carbocycles. The molecule has 1 heterocycles. The highest BCUT2D eigenvalue weighted by molar-refractivity contribution is 6.03. The van der Waals surface area contributed by atoms with Crippen molar-refractivity contribution in [3.8, 4) is 11.5 Å². The number of nitrogens with zero attached hydrogens (tertiary/aromatic N) is 1. The van der Waals surface area contributed by atoms with Crippen molar-refractivity contribution < 1.29 is 23.8 Å². The number of hydrogen-bond acceptors (Lipinski definition) is 7. The van der Waals surface area contributed by atoms with Gasteiger partial charge in [-0.3, -0.25) is 4.79 Å². The maximum atomic E-state index is 13.3. The van der Waals surface area contributed by atoms with Gasteiger partial charge in [-0.1, -0.05) is 24.3 Å². The second-order valence-corrected chi connectivity index (χ2v) is 8.02. The van der Waals surface area contributed by atoms with Gasteiger partial charge in [-0.15, -0.1) is 0 Å². The molecule has 0 aliphatic rings. The van der Waals surface area contributed by atoms with Crippen LogP contribution in [0.1, 0.15) is 31.8 Å². The summed E-state index contributed by atoms with van der Waals surface area (Å²) in [7, 11) is 4.55. The number of hydrogen-bond donors (Lipinski definition) is 2. The van der Waals surface area contributed by atoms with Gasteiger partial charge in [0.25, 0.3) is 5.91 Å². The van der Waals surface area contributed by atoms with Gasteiger partial charge in [0.15, 0.2) is 0 Å². The Labute approximate surface area is 209 Å². The number of carbonyl (C=O) groups excluding carboxylic acids is 2. The number of methoxy groups -OCH3 is 3. The van der Waals surface area contributed by atoms with Gasteiger partial charge in [0, 0.05) is 18.5 Å². The first-order valence-corrected chi connectivity index (χ1v) is 11.3. The minimum atomic E-state index is -0.455. The Morgan fingerprint density at radius 2 is 1.39 bits per heavy atom. The summed E-state index contributed by atoms with van der Waals surface area (Å²) in [6.45, 7) is 0.794. The predicted octanol–water partition coefficient (Wildman–Crippen LogP) is 4.58. The van der Waals surface area contributed by atoms with Crippen LogP contribution < -0.4 is 20.1 Å². The Morgan fingerprint density at radius 3 is 1.97 bits per heavy atom. The van der Waals surface area contributed by atoms with Gasteiger partial charge in [0.1, 0.15) is 17.3 Å². The first-order chi connectivity index (χ1) is 17.5. The van der Waals surface area contributed by atoms with Gasteiger partial charge in [-0.25, -0.2) is 9.78 Å². The number of fused-ring (bicyclic) bond motifs is 1. The number of nitrogens with one attached hydrogen (secondary N) is 2. The molecule has 0 atom stereocenters. The second kappa shape index (κ2) is 11.2. The Hall–Kier alpha value is -4.59. The van der Waals surface area contributed by atoms with E-state index in [0.29, 0.717) is 40.9 Å². The number of benzene rings is 3. The van der Waals surface area contributed by atoms with Crippen LogP contribution in [0.3, 0.4) is 0 Å². The summed E-state index contributed by atoms with van der Waals surface area (Å²) >= 11 is 0. The fraction of sp³-hybridized carbons (Fsp3) is 0.179. The third kappa shape index (κ3) is 5.72. The van der Waals surface area contributed by atoms with E-state index >= 15 is 0 Å². The number of rotatable bonds is 9. The summed E-state index contributed by atoms with van der Waals surface area (Å²) in [5.41, 5.74) is 3.33. The number of pyridine rings is 1. The highest BCUT2D eigenvalue weighted by Crippen LogP contribution is 2.23. The van der Waals surface area contributed by atoms with Gasteiger partial charge >= 0.3 is 5.97 Å². The molecule has 0 radical (unpaired) electrons. The number of carbonyl (C=O) groups is 2. The zero-order chi connectivity index (χ0) is 25.5. The van der Waals surface area contributed by atoms with E-state index < -0.39 is 5.97 Å². The number of anilines is 1. The second-order valence-electron chi connectivity index (χ2n) is 8.02. The number of amides is 1. The Morgan fingerprint density at radius 1 is 0.778 bits per heavy atom. The molecule has 0 spiro atoms. The van der Waals surface area contributed by atoms with Crippen LogP contribution in [0.25, 0.3) is 10.9 Å². The summed E-state index contributed by atoms with van der Waals surface area (Å²) in [5.74, 6) is 1.21. The van der Waals surface area contributed by atoms with Crippen molar-refractivity contribution in [2.24, 2.45) is 0 Å². The van der Waals surface area contributed by atoms with Crippen molar-refractivity contribution in [1.29, 1.82) is 0 Å². The average Bonchev–Trinajstić information content (AvgIpc) is 2.94. The van der Waals surface area contributed by atoms with Gasteiger partial charge in [0.2, 0.25) is 0 Å². The van der Waals surface area contributed by atoms with Crippen molar-refractivity contribution in [3.63, 3.8) is 0 Å². The molecule has 0 saturated heterocycles. The number of esters is 1. The molecule has 0 bridgehead atoms. The molecule has 1 amide bonds. The maximum absolute atomic E-state index is 13.3. The molecule has 0 fully saturated rings.